The number of aromatic amines is 1. The molecule has 1 aliphatic heterocycles. The molecule has 0 radical (unpaired) electrons. The summed E-state index contributed by atoms with van der Waals surface area (Å²) in [7, 11) is 3.85. The second kappa shape index (κ2) is 10.5. The number of aliphatic imine (C=N–C) groups is 1. The van der Waals surface area contributed by atoms with Crippen molar-refractivity contribution in [1.82, 2.24) is 20.2 Å². The van der Waals surface area contributed by atoms with Crippen molar-refractivity contribution in [2.24, 2.45) is 10.9 Å². The molecule has 0 amide bonds. The molecule has 7 heteroatoms. The van der Waals surface area contributed by atoms with Crippen molar-refractivity contribution in [1.29, 1.82) is 0 Å². The van der Waals surface area contributed by atoms with Gasteiger partial charge in [-0.15, -0.1) is 24.0 Å². The number of imidazole rings is 1. The van der Waals surface area contributed by atoms with Crippen molar-refractivity contribution >= 4 is 29.9 Å². The van der Waals surface area contributed by atoms with Crippen molar-refractivity contribution in [3.05, 3.63) is 42.4 Å². The fraction of sp³-hybridized carbons (Fsp3) is 0.474. The number of halogens is 1. The zero-order valence-electron chi connectivity index (χ0n) is 15.4. The van der Waals surface area contributed by atoms with Gasteiger partial charge in [-0.3, -0.25) is 4.99 Å². The number of hydrogen-bond acceptors (Lipinski definition) is 3. The van der Waals surface area contributed by atoms with E-state index in [9.17, 15) is 0 Å². The van der Waals surface area contributed by atoms with Gasteiger partial charge in [0.2, 0.25) is 0 Å². The molecule has 0 atom stereocenters. The first kappa shape index (κ1) is 20.7. The van der Waals surface area contributed by atoms with Gasteiger partial charge in [-0.2, -0.15) is 0 Å². The topological polar surface area (TPSA) is 65.5 Å². The SMILES string of the molecule is CN=C(NCC1CCOCC1)N(C)Cc1ncc(-c2ccccc2)[nH]1.I. The van der Waals surface area contributed by atoms with Gasteiger partial charge < -0.3 is 19.9 Å². The maximum atomic E-state index is 5.42. The average molecular weight is 469 g/mol. The Hall–Kier alpha value is -1.61. The summed E-state index contributed by atoms with van der Waals surface area (Å²) in [5.74, 6) is 2.48. The highest BCUT2D eigenvalue weighted by molar-refractivity contribution is 14.0. The van der Waals surface area contributed by atoms with Crippen molar-refractivity contribution in [3.63, 3.8) is 0 Å². The van der Waals surface area contributed by atoms with Crippen molar-refractivity contribution in [2.45, 2.75) is 19.4 Å². The van der Waals surface area contributed by atoms with E-state index in [4.69, 9.17) is 4.74 Å². The van der Waals surface area contributed by atoms with Gasteiger partial charge in [0.05, 0.1) is 18.4 Å². The van der Waals surface area contributed by atoms with Crippen LogP contribution in [0.3, 0.4) is 0 Å². The van der Waals surface area contributed by atoms with Gasteiger partial charge in [0, 0.05) is 33.9 Å². The van der Waals surface area contributed by atoms with Crippen molar-refractivity contribution in [3.8, 4) is 11.3 Å². The van der Waals surface area contributed by atoms with Crippen LogP contribution >= 0.6 is 24.0 Å². The van der Waals surface area contributed by atoms with E-state index in [1.165, 1.54) is 0 Å². The largest absolute Gasteiger partial charge is 0.381 e. The molecule has 6 nitrogen and oxygen atoms in total. The Balaban J connectivity index is 0.00000243. The molecule has 0 spiro atoms. The fourth-order valence-electron chi connectivity index (χ4n) is 3.08. The first-order valence-electron chi connectivity index (χ1n) is 8.85. The van der Waals surface area contributed by atoms with E-state index < -0.39 is 0 Å². The molecule has 1 saturated heterocycles. The maximum Gasteiger partial charge on any atom is 0.193 e. The highest BCUT2D eigenvalue weighted by Crippen LogP contribution is 2.17. The number of rotatable bonds is 5. The van der Waals surface area contributed by atoms with Crippen LogP contribution in [-0.2, 0) is 11.3 Å². The molecule has 142 valence electrons. The van der Waals surface area contributed by atoms with Crippen molar-refractivity contribution in [2.75, 3.05) is 33.9 Å². The lowest BCUT2D eigenvalue weighted by Gasteiger charge is -2.26. The predicted octanol–water partition coefficient (Wildman–Crippen LogP) is 3.13. The zero-order valence-corrected chi connectivity index (χ0v) is 17.8. The smallest absolute Gasteiger partial charge is 0.193 e. The molecule has 26 heavy (non-hydrogen) atoms. The van der Waals surface area contributed by atoms with Gasteiger partial charge in [-0.05, 0) is 24.3 Å². The number of guanidine groups is 1. The van der Waals surface area contributed by atoms with Crippen LogP contribution in [0.1, 0.15) is 18.7 Å². The van der Waals surface area contributed by atoms with Crippen LogP contribution in [0.2, 0.25) is 0 Å². The molecule has 0 unspecified atom stereocenters. The number of benzene rings is 1. The minimum absolute atomic E-state index is 0. The van der Waals surface area contributed by atoms with Crippen LogP contribution < -0.4 is 5.32 Å². The molecule has 2 heterocycles. The van der Waals surface area contributed by atoms with Gasteiger partial charge in [-0.25, -0.2) is 4.98 Å². The Labute approximate surface area is 172 Å². The third-order valence-corrected chi connectivity index (χ3v) is 4.56. The summed E-state index contributed by atoms with van der Waals surface area (Å²) in [5.41, 5.74) is 2.18. The first-order chi connectivity index (χ1) is 12.3. The van der Waals surface area contributed by atoms with Crippen LogP contribution in [0.25, 0.3) is 11.3 Å². The molecule has 0 bridgehead atoms. The molecular formula is C19H28IN5O. The summed E-state index contributed by atoms with van der Waals surface area (Å²) < 4.78 is 5.42. The van der Waals surface area contributed by atoms with Crippen LogP contribution in [0.5, 0.6) is 0 Å². The van der Waals surface area contributed by atoms with E-state index in [2.05, 4.69) is 37.3 Å². The molecule has 0 aliphatic carbocycles. The second-order valence-corrected chi connectivity index (χ2v) is 6.45. The monoisotopic (exact) mass is 469 g/mol. The van der Waals surface area contributed by atoms with E-state index in [0.29, 0.717) is 12.5 Å². The Morgan fingerprint density at radius 3 is 2.73 bits per heavy atom. The lowest BCUT2D eigenvalue weighted by atomic mass is 10.0. The lowest BCUT2D eigenvalue weighted by molar-refractivity contribution is 0.0674. The van der Waals surface area contributed by atoms with E-state index in [1.54, 1.807) is 0 Å². The van der Waals surface area contributed by atoms with Gasteiger partial charge in [0.1, 0.15) is 5.82 Å². The summed E-state index contributed by atoms with van der Waals surface area (Å²) in [6.07, 6.45) is 4.12. The summed E-state index contributed by atoms with van der Waals surface area (Å²) in [6, 6.07) is 10.2. The van der Waals surface area contributed by atoms with Crippen molar-refractivity contribution < 1.29 is 4.74 Å². The lowest BCUT2D eigenvalue weighted by Crippen LogP contribution is -2.41. The van der Waals surface area contributed by atoms with E-state index in [0.717, 1.165) is 55.6 Å². The number of ether oxygens (including phenoxy) is 1. The van der Waals surface area contributed by atoms with Crippen LogP contribution in [-0.4, -0.2) is 54.7 Å². The summed E-state index contributed by atoms with van der Waals surface area (Å²) in [6.45, 7) is 3.36. The summed E-state index contributed by atoms with van der Waals surface area (Å²) >= 11 is 0. The minimum atomic E-state index is 0. The third-order valence-electron chi connectivity index (χ3n) is 4.56. The standard InChI is InChI=1S/C19H27N5O.HI/c1-20-19(22-12-15-8-10-25-11-9-15)24(2)14-18-21-13-17(23-18)16-6-4-3-5-7-16;/h3-7,13,15H,8-12,14H2,1-2H3,(H,20,22)(H,21,23);1H. The second-order valence-electron chi connectivity index (χ2n) is 6.45. The summed E-state index contributed by atoms with van der Waals surface area (Å²) in [5, 5.41) is 3.48. The van der Waals surface area contributed by atoms with E-state index >= 15 is 0 Å². The van der Waals surface area contributed by atoms with Gasteiger partial charge in [0.15, 0.2) is 5.96 Å². The molecule has 1 aromatic carbocycles. The number of nitrogens with zero attached hydrogens (tertiary/aromatic N) is 3. The highest BCUT2D eigenvalue weighted by Gasteiger charge is 2.15. The van der Waals surface area contributed by atoms with E-state index in [1.807, 2.05) is 38.5 Å². The minimum Gasteiger partial charge on any atom is -0.381 e. The molecule has 2 N–H and O–H groups in total. The maximum absolute atomic E-state index is 5.42. The molecule has 1 aromatic heterocycles. The number of aromatic nitrogens is 2. The molecule has 2 aromatic rings. The molecule has 3 rings (SSSR count). The average Bonchev–Trinajstić information content (AvgIpc) is 3.12. The molecule has 1 fully saturated rings. The number of nitrogens with one attached hydrogen (secondary N) is 2. The third kappa shape index (κ3) is 5.70. The van der Waals surface area contributed by atoms with Gasteiger partial charge in [-0.1, -0.05) is 30.3 Å². The number of H-pyrrole nitrogens is 1. The molecule has 1 aliphatic rings. The molecule has 0 saturated carbocycles. The first-order valence-corrected chi connectivity index (χ1v) is 8.85. The molecular weight excluding hydrogens is 441 g/mol. The van der Waals surface area contributed by atoms with E-state index in [-0.39, 0.29) is 24.0 Å². The Kier molecular flexibility index (Phi) is 8.37. The Morgan fingerprint density at radius 2 is 2.04 bits per heavy atom. The Bertz CT molecular complexity index is 682. The van der Waals surface area contributed by atoms with Crippen LogP contribution in [0.4, 0.5) is 0 Å². The predicted molar refractivity (Wildman–Crippen MR) is 116 cm³/mol. The van der Waals surface area contributed by atoms with Gasteiger partial charge >= 0.3 is 0 Å². The summed E-state index contributed by atoms with van der Waals surface area (Å²) in [4.78, 5) is 14.4. The Morgan fingerprint density at radius 1 is 1.31 bits per heavy atom. The zero-order chi connectivity index (χ0) is 17.5. The fourth-order valence-corrected chi connectivity index (χ4v) is 3.08. The normalized spacial score (nSPS) is 15.4. The van der Waals surface area contributed by atoms with Crippen LogP contribution in [0.15, 0.2) is 41.5 Å². The highest BCUT2D eigenvalue weighted by atomic mass is 127. The number of hydrogen-bond donors (Lipinski definition) is 2. The van der Waals surface area contributed by atoms with Crippen LogP contribution in [0, 0.1) is 5.92 Å². The van der Waals surface area contributed by atoms with Gasteiger partial charge in [0.25, 0.3) is 0 Å². The quantitative estimate of drug-likeness (QED) is 0.401.